The molecule has 1 aromatic carbocycles. The fraction of sp³-hybridized carbons (Fsp3) is 0.409. The number of amides is 1. The lowest BCUT2D eigenvalue weighted by Gasteiger charge is -2.27. The van der Waals surface area contributed by atoms with Crippen molar-refractivity contribution in [3.63, 3.8) is 0 Å². The van der Waals surface area contributed by atoms with Crippen LogP contribution >= 0.6 is 0 Å². The Balaban J connectivity index is 1.47. The van der Waals surface area contributed by atoms with E-state index in [1.165, 1.54) is 5.56 Å². The van der Waals surface area contributed by atoms with Crippen LogP contribution in [0.5, 0.6) is 0 Å². The van der Waals surface area contributed by atoms with Crippen LogP contribution in [0.3, 0.4) is 0 Å². The van der Waals surface area contributed by atoms with Gasteiger partial charge in [0.05, 0.1) is 30.2 Å². The fourth-order valence-electron chi connectivity index (χ4n) is 4.07. The number of aliphatic hydroxyl groups excluding tert-OH is 1. The van der Waals surface area contributed by atoms with Gasteiger partial charge in [0.25, 0.3) is 0 Å². The van der Waals surface area contributed by atoms with Crippen LogP contribution in [0.2, 0.25) is 0 Å². The van der Waals surface area contributed by atoms with E-state index in [9.17, 15) is 9.90 Å². The molecule has 7 heteroatoms. The number of carbonyl (C=O) groups is 1. The predicted molar refractivity (Wildman–Crippen MR) is 109 cm³/mol. The summed E-state index contributed by atoms with van der Waals surface area (Å²) in [4.78, 5) is 14.7. The van der Waals surface area contributed by atoms with E-state index in [-0.39, 0.29) is 12.5 Å². The number of hydrogen-bond acceptors (Lipinski definition) is 4. The Morgan fingerprint density at radius 2 is 1.93 bits per heavy atom. The maximum absolute atomic E-state index is 12.9. The lowest BCUT2D eigenvalue weighted by atomic mass is 10.1. The number of carbonyl (C=O) groups excluding carboxylic acids is 1. The number of aryl methyl sites for hydroxylation is 1. The molecule has 1 aliphatic rings. The number of nitrogens with zero attached hydrogens (tertiary/aromatic N) is 5. The highest BCUT2D eigenvalue weighted by atomic mass is 16.3. The summed E-state index contributed by atoms with van der Waals surface area (Å²) in [7, 11) is 0. The van der Waals surface area contributed by atoms with E-state index in [1.54, 1.807) is 0 Å². The highest BCUT2D eigenvalue weighted by molar-refractivity contribution is 5.76. The normalized spacial score (nSPS) is 14.7. The number of aromatic nitrogens is 4. The monoisotopic (exact) mass is 393 g/mol. The van der Waals surface area contributed by atoms with Gasteiger partial charge in [-0.1, -0.05) is 37.3 Å². The molecule has 4 rings (SSSR count). The second-order valence-electron chi connectivity index (χ2n) is 7.57. The first kappa shape index (κ1) is 19.4. The molecule has 0 saturated carbocycles. The molecular formula is C22H27N5O2. The molecule has 2 aromatic heterocycles. The second kappa shape index (κ2) is 7.83. The largest absolute Gasteiger partial charge is 0.382 e. The highest BCUT2D eigenvalue weighted by Crippen LogP contribution is 2.24. The molecule has 0 spiro atoms. The first-order valence-electron chi connectivity index (χ1n) is 10.1. The second-order valence-corrected chi connectivity index (χ2v) is 7.57. The van der Waals surface area contributed by atoms with E-state index in [2.05, 4.69) is 17.1 Å². The molecule has 1 amide bonds. The highest BCUT2D eigenvalue weighted by Gasteiger charge is 2.25. The Morgan fingerprint density at radius 1 is 1.17 bits per heavy atom. The smallest absolute Gasteiger partial charge is 0.244 e. The van der Waals surface area contributed by atoms with Crippen LogP contribution in [0, 0.1) is 13.8 Å². The molecule has 0 fully saturated rings. The van der Waals surface area contributed by atoms with E-state index in [4.69, 9.17) is 0 Å². The van der Waals surface area contributed by atoms with E-state index in [0.29, 0.717) is 25.3 Å². The van der Waals surface area contributed by atoms with Gasteiger partial charge in [-0.15, -0.1) is 0 Å². The van der Waals surface area contributed by atoms with Gasteiger partial charge in [-0.25, -0.2) is 0 Å². The first-order chi connectivity index (χ1) is 14.0. The van der Waals surface area contributed by atoms with Crippen molar-refractivity contribution >= 4 is 5.91 Å². The minimum Gasteiger partial charge on any atom is -0.382 e. The Hall–Kier alpha value is -2.93. The Bertz CT molecular complexity index is 1020. The van der Waals surface area contributed by atoms with E-state index >= 15 is 0 Å². The summed E-state index contributed by atoms with van der Waals surface area (Å²) < 4.78 is 3.71. The molecule has 0 saturated heterocycles. The maximum atomic E-state index is 12.9. The number of fused-ring (bicyclic) bond motifs is 1. The zero-order chi connectivity index (χ0) is 20.5. The van der Waals surface area contributed by atoms with Gasteiger partial charge in [0, 0.05) is 12.2 Å². The lowest BCUT2D eigenvalue weighted by Crippen LogP contribution is -2.40. The van der Waals surface area contributed by atoms with Crippen molar-refractivity contribution in [2.75, 3.05) is 6.54 Å². The molecule has 29 heavy (non-hydrogen) atoms. The predicted octanol–water partition coefficient (Wildman–Crippen LogP) is 2.38. The Kier molecular flexibility index (Phi) is 5.24. The minimum absolute atomic E-state index is 0.0517. The van der Waals surface area contributed by atoms with Gasteiger partial charge in [-0.05, 0) is 37.5 Å². The van der Waals surface area contributed by atoms with Crippen LogP contribution in [-0.4, -0.2) is 42.0 Å². The van der Waals surface area contributed by atoms with Crippen molar-refractivity contribution in [1.82, 2.24) is 24.5 Å². The average molecular weight is 393 g/mol. The van der Waals surface area contributed by atoms with E-state index in [0.717, 1.165) is 29.1 Å². The molecular weight excluding hydrogens is 366 g/mol. The summed E-state index contributed by atoms with van der Waals surface area (Å²) in [5, 5.41) is 19.7. The van der Waals surface area contributed by atoms with Crippen LogP contribution < -0.4 is 0 Å². The number of hydrogen-bond donors (Lipinski definition) is 1. The van der Waals surface area contributed by atoms with Gasteiger partial charge in [0.2, 0.25) is 5.91 Å². The molecule has 0 aliphatic carbocycles. The van der Waals surface area contributed by atoms with Crippen molar-refractivity contribution in [2.45, 2.75) is 52.9 Å². The average Bonchev–Trinajstić information content (AvgIpc) is 3.27. The van der Waals surface area contributed by atoms with Crippen LogP contribution in [0.25, 0.3) is 0 Å². The van der Waals surface area contributed by atoms with Crippen molar-refractivity contribution < 1.29 is 9.90 Å². The molecule has 0 radical (unpaired) electrons. The third kappa shape index (κ3) is 3.70. The SMILES string of the molecule is CCc1c(C)nn(CC(=O)N2CCn3nc(C(O)c4ccccc4)cc3C2)c1C. The molecule has 1 unspecified atom stereocenters. The molecule has 7 nitrogen and oxygen atoms in total. The molecule has 0 bridgehead atoms. The van der Waals surface area contributed by atoms with Gasteiger partial charge >= 0.3 is 0 Å². The number of aliphatic hydroxyl groups is 1. The van der Waals surface area contributed by atoms with Crippen LogP contribution in [0.15, 0.2) is 36.4 Å². The number of benzene rings is 1. The van der Waals surface area contributed by atoms with Gasteiger partial charge in [0.1, 0.15) is 12.6 Å². The maximum Gasteiger partial charge on any atom is 0.244 e. The van der Waals surface area contributed by atoms with Gasteiger partial charge in [-0.2, -0.15) is 10.2 Å². The molecule has 1 aliphatic heterocycles. The van der Waals surface area contributed by atoms with Crippen molar-refractivity contribution in [3.8, 4) is 0 Å². The zero-order valence-corrected chi connectivity index (χ0v) is 17.2. The summed E-state index contributed by atoms with van der Waals surface area (Å²) in [6, 6.07) is 11.4. The molecule has 1 atom stereocenters. The van der Waals surface area contributed by atoms with Crippen LogP contribution in [0.1, 0.15) is 46.9 Å². The molecule has 3 aromatic rings. The summed E-state index contributed by atoms with van der Waals surface area (Å²) in [5.41, 5.74) is 5.65. The molecule has 1 N–H and O–H groups in total. The lowest BCUT2D eigenvalue weighted by molar-refractivity contribution is -0.133. The zero-order valence-electron chi connectivity index (χ0n) is 17.2. The quantitative estimate of drug-likeness (QED) is 0.722. The number of rotatable bonds is 5. The minimum atomic E-state index is -0.763. The Labute approximate surface area is 170 Å². The van der Waals surface area contributed by atoms with Crippen LogP contribution in [-0.2, 0) is 30.8 Å². The van der Waals surface area contributed by atoms with Crippen molar-refractivity contribution in [1.29, 1.82) is 0 Å². The summed E-state index contributed by atoms with van der Waals surface area (Å²) >= 11 is 0. The third-order valence-electron chi connectivity index (χ3n) is 5.73. The van der Waals surface area contributed by atoms with Gasteiger partial charge < -0.3 is 10.0 Å². The molecule has 152 valence electrons. The van der Waals surface area contributed by atoms with Gasteiger partial charge in [0.15, 0.2) is 0 Å². The summed E-state index contributed by atoms with van der Waals surface area (Å²) in [5.74, 6) is 0.0517. The fourth-order valence-corrected chi connectivity index (χ4v) is 4.07. The van der Waals surface area contributed by atoms with Crippen molar-refractivity contribution in [2.24, 2.45) is 0 Å². The standard InChI is InChI=1S/C22H27N5O2/c1-4-19-15(2)23-27(16(19)3)14-21(28)25-10-11-26-18(13-25)12-20(24-26)22(29)17-8-6-5-7-9-17/h5-9,12,22,29H,4,10-11,13-14H2,1-3H3. The topological polar surface area (TPSA) is 76.2 Å². The summed E-state index contributed by atoms with van der Waals surface area (Å²) in [6.45, 7) is 8.10. The van der Waals surface area contributed by atoms with E-state index < -0.39 is 6.10 Å². The van der Waals surface area contributed by atoms with Gasteiger partial charge in [-0.3, -0.25) is 14.2 Å². The Morgan fingerprint density at radius 3 is 2.62 bits per heavy atom. The third-order valence-corrected chi connectivity index (χ3v) is 5.73. The molecule has 3 heterocycles. The summed E-state index contributed by atoms with van der Waals surface area (Å²) in [6.07, 6.45) is 0.155. The van der Waals surface area contributed by atoms with Crippen molar-refractivity contribution in [3.05, 3.63) is 70.3 Å². The van der Waals surface area contributed by atoms with E-state index in [1.807, 2.05) is 64.5 Å². The first-order valence-corrected chi connectivity index (χ1v) is 10.1. The van der Waals surface area contributed by atoms with Crippen LogP contribution in [0.4, 0.5) is 0 Å².